The van der Waals surface area contributed by atoms with Crippen molar-refractivity contribution in [2.24, 2.45) is 0 Å². The lowest BCUT2D eigenvalue weighted by atomic mass is 10.1. The van der Waals surface area contributed by atoms with Crippen LogP contribution < -0.4 is 0 Å². The highest BCUT2D eigenvalue weighted by Crippen LogP contribution is 2.03. The van der Waals surface area contributed by atoms with Gasteiger partial charge in [-0.1, -0.05) is 25.7 Å². The number of unbranched alkanes of at least 4 members (excludes halogenated alkanes) is 1. The Balaban J connectivity index is 3.10. The lowest BCUT2D eigenvalue weighted by Gasteiger charge is -1.97. The summed E-state index contributed by atoms with van der Waals surface area (Å²) in [7, 11) is 0. The molecule has 0 spiro atoms. The van der Waals surface area contributed by atoms with Gasteiger partial charge in [0, 0.05) is 16.0 Å². The van der Waals surface area contributed by atoms with Crippen LogP contribution in [0.25, 0.3) is 0 Å². The minimum atomic E-state index is -0.372. The van der Waals surface area contributed by atoms with E-state index in [9.17, 15) is 0 Å². The molecule has 0 aliphatic rings. The summed E-state index contributed by atoms with van der Waals surface area (Å²) in [5.41, 5.74) is 0. The Kier molecular flexibility index (Phi) is 5.90. The van der Waals surface area contributed by atoms with Crippen molar-refractivity contribution >= 4 is 0 Å². The van der Waals surface area contributed by atoms with Crippen molar-refractivity contribution in [2.75, 3.05) is 13.2 Å². The zero-order valence-electron chi connectivity index (χ0n) is 8.29. The Hall–Kier alpha value is -0.0800. The molecule has 0 rings (SSSR count). The fraction of sp³-hybridized carbons (Fsp3) is 1.00. The second-order valence-electron chi connectivity index (χ2n) is 2.23. The Bertz CT molecular complexity index is 89.1. The van der Waals surface area contributed by atoms with Gasteiger partial charge in [-0.05, 0) is 12.8 Å². The smallest absolute Gasteiger partial charge is 0.0431 e. The minimum absolute atomic E-state index is 0.0791. The van der Waals surface area contributed by atoms with E-state index in [0.717, 1.165) is 12.8 Å². The van der Waals surface area contributed by atoms with E-state index in [4.69, 9.17) is 13.0 Å². The molecule has 10 heavy (non-hydrogen) atoms. The number of aliphatic hydroxyl groups is 2. The molecule has 0 bridgehead atoms. The monoisotopic (exact) mass is 148 g/mol. The first-order chi connectivity index (χ1) is 5.70. The third-order valence-electron chi connectivity index (χ3n) is 1.32. The maximum absolute atomic E-state index is 8.52. The molecule has 0 saturated heterocycles. The summed E-state index contributed by atoms with van der Waals surface area (Å²) in [5.74, 6) is 0. The number of hydrogen-bond acceptors (Lipinski definition) is 2. The maximum Gasteiger partial charge on any atom is 0.0431 e. The van der Waals surface area contributed by atoms with Crippen molar-refractivity contribution in [3.8, 4) is 0 Å². The normalized spacial score (nSPS) is 19.4. The van der Waals surface area contributed by atoms with Crippen molar-refractivity contribution < 1.29 is 13.0 Å². The Morgan fingerprint density at radius 1 is 0.800 bits per heavy atom. The highest BCUT2D eigenvalue weighted by Gasteiger charge is 1.88. The summed E-state index contributed by atoms with van der Waals surface area (Å²) in [4.78, 5) is 0. The van der Waals surface area contributed by atoms with Crippen molar-refractivity contribution in [1.29, 1.82) is 0 Å². The summed E-state index contributed by atoms with van der Waals surface area (Å²) in [6.07, 6.45) is 2.36. The van der Waals surface area contributed by atoms with E-state index in [1.807, 2.05) is 0 Å². The SMILES string of the molecule is [2H]C(CO)CCCCC([2H])CO. The third kappa shape index (κ3) is 7.92. The van der Waals surface area contributed by atoms with Gasteiger partial charge in [0.2, 0.25) is 0 Å². The van der Waals surface area contributed by atoms with Crippen LogP contribution in [0.2, 0.25) is 0 Å². The second kappa shape index (κ2) is 8.92. The van der Waals surface area contributed by atoms with E-state index in [-0.39, 0.29) is 26.0 Å². The van der Waals surface area contributed by atoms with Gasteiger partial charge in [-0.25, -0.2) is 0 Å². The fourth-order valence-corrected chi connectivity index (χ4v) is 0.760. The zero-order chi connectivity index (χ0) is 9.40. The molecule has 2 heteroatoms. The van der Waals surface area contributed by atoms with Crippen molar-refractivity contribution in [3.05, 3.63) is 0 Å². The summed E-state index contributed by atoms with van der Waals surface area (Å²) >= 11 is 0. The summed E-state index contributed by atoms with van der Waals surface area (Å²) in [5, 5.41) is 17.0. The Morgan fingerprint density at radius 2 is 1.20 bits per heavy atom. The van der Waals surface area contributed by atoms with Gasteiger partial charge in [-0.2, -0.15) is 0 Å². The van der Waals surface area contributed by atoms with Crippen LogP contribution in [0.3, 0.4) is 0 Å². The van der Waals surface area contributed by atoms with Gasteiger partial charge >= 0.3 is 0 Å². The lowest BCUT2D eigenvalue weighted by molar-refractivity contribution is 0.275. The number of aliphatic hydroxyl groups excluding tert-OH is 2. The average molecular weight is 148 g/mol. The molecule has 0 aromatic rings. The van der Waals surface area contributed by atoms with E-state index in [1.54, 1.807) is 0 Å². The largest absolute Gasteiger partial charge is 0.396 e. The van der Waals surface area contributed by atoms with Crippen molar-refractivity contribution in [3.63, 3.8) is 0 Å². The molecule has 2 atom stereocenters. The predicted octanol–water partition coefficient (Wildman–Crippen LogP) is 1.31. The fourth-order valence-electron chi connectivity index (χ4n) is 0.760. The predicted molar refractivity (Wildman–Crippen MR) is 41.9 cm³/mol. The van der Waals surface area contributed by atoms with Crippen LogP contribution in [0.5, 0.6) is 0 Å². The van der Waals surface area contributed by atoms with Gasteiger partial charge < -0.3 is 10.2 Å². The van der Waals surface area contributed by atoms with Gasteiger partial charge in [-0.3, -0.25) is 0 Å². The molecule has 2 nitrogen and oxygen atoms in total. The first-order valence-corrected chi connectivity index (χ1v) is 3.77. The molecule has 0 radical (unpaired) electrons. The minimum Gasteiger partial charge on any atom is -0.396 e. The van der Waals surface area contributed by atoms with Gasteiger partial charge in [0.1, 0.15) is 0 Å². The molecule has 62 valence electrons. The molecular weight excluding hydrogens is 128 g/mol. The zero-order valence-corrected chi connectivity index (χ0v) is 6.29. The van der Waals surface area contributed by atoms with E-state index in [1.165, 1.54) is 0 Å². The van der Waals surface area contributed by atoms with E-state index in [2.05, 4.69) is 0 Å². The molecule has 0 saturated carbocycles. The summed E-state index contributed by atoms with van der Waals surface area (Å²) in [6.45, 7) is -0.158. The Morgan fingerprint density at radius 3 is 1.50 bits per heavy atom. The molecule has 0 aromatic carbocycles. The van der Waals surface area contributed by atoms with Gasteiger partial charge in [-0.15, -0.1) is 0 Å². The highest BCUT2D eigenvalue weighted by atomic mass is 16.3. The van der Waals surface area contributed by atoms with Crippen LogP contribution in [0.4, 0.5) is 0 Å². The molecule has 0 heterocycles. The molecular formula is C8H18O2. The maximum atomic E-state index is 8.52. The van der Waals surface area contributed by atoms with Crippen molar-refractivity contribution in [2.45, 2.75) is 38.5 Å². The van der Waals surface area contributed by atoms with Gasteiger partial charge in [0.15, 0.2) is 0 Å². The quantitative estimate of drug-likeness (QED) is 0.534. The molecule has 0 aliphatic heterocycles. The summed E-state index contributed by atoms with van der Waals surface area (Å²) < 4.78 is 14.4. The van der Waals surface area contributed by atoms with Crippen molar-refractivity contribution in [1.82, 2.24) is 0 Å². The third-order valence-corrected chi connectivity index (χ3v) is 1.32. The topological polar surface area (TPSA) is 40.5 Å². The first kappa shape index (κ1) is 6.62. The molecule has 2 N–H and O–H groups in total. The van der Waals surface area contributed by atoms with E-state index >= 15 is 0 Å². The van der Waals surface area contributed by atoms with Gasteiger partial charge in [0.25, 0.3) is 0 Å². The second-order valence-corrected chi connectivity index (χ2v) is 2.23. The number of hydrogen-bond donors (Lipinski definition) is 2. The average Bonchev–Trinajstić information content (AvgIpc) is 2.11. The van der Waals surface area contributed by atoms with Crippen LogP contribution in [-0.2, 0) is 0 Å². The highest BCUT2D eigenvalue weighted by molar-refractivity contribution is 4.43. The van der Waals surface area contributed by atoms with Crippen LogP contribution in [-0.4, -0.2) is 23.4 Å². The van der Waals surface area contributed by atoms with Crippen LogP contribution in [0.15, 0.2) is 0 Å². The molecule has 0 aliphatic carbocycles. The first-order valence-electron chi connectivity index (χ1n) is 4.92. The van der Waals surface area contributed by atoms with E-state index in [0.29, 0.717) is 12.8 Å². The van der Waals surface area contributed by atoms with E-state index < -0.39 is 0 Å². The molecule has 0 fully saturated rings. The van der Waals surface area contributed by atoms with Gasteiger partial charge in [0.05, 0.1) is 0 Å². The Labute approximate surface area is 65.7 Å². The van der Waals surface area contributed by atoms with Crippen LogP contribution in [0, 0.1) is 0 Å². The molecule has 0 aromatic heterocycles. The standard InChI is InChI=1S/C8H18O2/c9-7-5-3-1-2-4-6-8-10/h9-10H,1-8H2/i5D,6D. The van der Waals surface area contributed by atoms with Crippen LogP contribution >= 0.6 is 0 Å². The lowest BCUT2D eigenvalue weighted by Crippen LogP contribution is -1.85. The molecule has 0 amide bonds. The summed E-state index contributed by atoms with van der Waals surface area (Å²) in [6, 6.07) is 0. The van der Waals surface area contributed by atoms with Crippen LogP contribution in [0.1, 0.15) is 41.2 Å². The number of rotatable bonds is 7. The molecule has 2 unspecified atom stereocenters.